The Hall–Kier alpha value is -0.890. The van der Waals surface area contributed by atoms with Crippen LogP contribution < -0.4 is 0 Å². The van der Waals surface area contributed by atoms with Gasteiger partial charge in [-0.15, -0.1) is 0 Å². The van der Waals surface area contributed by atoms with Gasteiger partial charge in [0.15, 0.2) is 5.78 Å². The van der Waals surface area contributed by atoms with Crippen molar-refractivity contribution in [2.45, 2.75) is 45.1 Å². The van der Waals surface area contributed by atoms with E-state index in [-0.39, 0.29) is 11.9 Å². The van der Waals surface area contributed by atoms with Crippen LogP contribution >= 0.6 is 0 Å². The van der Waals surface area contributed by atoms with Gasteiger partial charge in [0, 0.05) is 6.42 Å². The number of hydrogen-bond donors (Lipinski definition) is 1. The van der Waals surface area contributed by atoms with Gasteiger partial charge in [-0.05, 0) is 31.8 Å². The summed E-state index contributed by atoms with van der Waals surface area (Å²) >= 11 is 0. The number of ketones is 1. The van der Waals surface area contributed by atoms with Crippen molar-refractivity contribution >= 4 is 5.78 Å². The molecule has 0 bridgehead atoms. The minimum atomic E-state index is -0.162. The Labute approximate surface area is 85.3 Å². The molecule has 0 aliphatic heterocycles. The van der Waals surface area contributed by atoms with E-state index in [9.17, 15) is 9.90 Å². The molecule has 0 saturated heterocycles. The minimum absolute atomic E-state index is 0.162. The molecule has 0 heterocycles. The average Bonchev–Trinajstić information content (AvgIpc) is 2.21. The Morgan fingerprint density at radius 3 is 2.86 bits per heavy atom. The molecular weight excluding hydrogens is 176 g/mol. The third kappa shape index (κ3) is 3.88. The molecule has 0 amide bonds. The molecule has 0 radical (unpaired) electrons. The van der Waals surface area contributed by atoms with Crippen LogP contribution in [0.1, 0.15) is 39.0 Å². The summed E-state index contributed by atoms with van der Waals surface area (Å²) in [5.41, 5.74) is 1.23. The molecule has 1 unspecified atom stereocenters. The smallest absolute Gasteiger partial charge is 0.159 e. The van der Waals surface area contributed by atoms with Crippen molar-refractivity contribution in [2.24, 2.45) is 0 Å². The largest absolute Gasteiger partial charge is 0.393 e. The lowest BCUT2D eigenvalue weighted by molar-refractivity contribution is -0.113. The number of carbonyl (C=O) groups is 1. The number of hydrogen-bond acceptors (Lipinski definition) is 2. The third-order valence-electron chi connectivity index (χ3n) is 2.52. The van der Waals surface area contributed by atoms with Crippen LogP contribution in [0.25, 0.3) is 0 Å². The highest BCUT2D eigenvalue weighted by Gasteiger charge is 2.05. The summed E-state index contributed by atoms with van der Waals surface area (Å²) in [5.74, 6) is 0.183. The van der Waals surface area contributed by atoms with Gasteiger partial charge in [0.2, 0.25) is 0 Å². The summed E-state index contributed by atoms with van der Waals surface area (Å²) in [4.78, 5) is 10.9. The first-order valence-electron chi connectivity index (χ1n) is 5.30. The fourth-order valence-corrected chi connectivity index (χ4v) is 1.50. The van der Waals surface area contributed by atoms with Gasteiger partial charge in [-0.3, -0.25) is 4.79 Å². The maximum absolute atomic E-state index is 10.9. The van der Waals surface area contributed by atoms with Crippen molar-refractivity contribution in [3.05, 3.63) is 23.8 Å². The van der Waals surface area contributed by atoms with E-state index in [1.807, 2.05) is 19.1 Å². The van der Waals surface area contributed by atoms with Crippen molar-refractivity contribution in [1.82, 2.24) is 0 Å². The Kier molecular flexibility index (Phi) is 4.60. The molecule has 1 aliphatic carbocycles. The molecule has 1 rings (SSSR count). The van der Waals surface area contributed by atoms with Gasteiger partial charge < -0.3 is 5.11 Å². The van der Waals surface area contributed by atoms with E-state index in [0.29, 0.717) is 6.42 Å². The predicted octanol–water partition coefficient (Wildman–Crippen LogP) is 2.38. The lowest BCUT2D eigenvalue weighted by Gasteiger charge is -2.09. The molecule has 2 heteroatoms. The quantitative estimate of drug-likeness (QED) is 0.729. The van der Waals surface area contributed by atoms with Crippen LogP contribution in [0.15, 0.2) is 23.8 Å². The first-order valence-corrected chi connectivity index (χ1v) is 5.30. The lowest BCUT2D eigenvalue weighted by atomic mass is 10.00. The summed E-state index contributed by atoms with van der Waals surface area (Å²) in [6.07, 6.45) is 9.56. The highest BCUT2D eigenvalue weighted by molar-refractivity contribution is 5.92. The van der Waals surface area contributed by atoms with Crippen LogP contribution in [0.5, 0.6) is 0 Å². The van der Waals surface area contributed by atoms with E-state index in [1.54, 1.807) is 6.08 Å². The Bertz CT molecular complexity index is 251. The normalized spacial score (nSPS) is 18.1. The summed E-state index contributed by atoms with van der Waals surface area (Å²) in [7, 11) is 0. The first-order chi connectivity index (χ1) is 6.72. The van der Waals surface area contributed by atoms with Crippen molar-refractivity contribution in [1.29, 1.82) is 0 Å². The van der Waals surface area contributed by atoms with Crippen LogP contribution in [0.2, 0.25) is 0 Å². The van der Waals surface area contributed by atoms with Crippen LogP contribution in [0.3, 0.4) is 0 Å². The van der Waals surface area contributed by atoms with Crippen molar-refractivity contribution in [3.63, 3.8) is 0 Å². The van der Waals surface area contributed by atoms with Gasteiger partial charge in [-0.1, -0.05) is 24.6 Å². The molecule has 1 atom stereocenters. The topological polar surface area (TPSA) is 37.3 Å². The van der Waals surface area contributed by atoms with E-state index >= 15 is 0 Å². The van der Waals surface area contributed by atoms with E-state index in [1.165, 1.54) is 5.57 Å². The molecule has 0 aromatic carbocycles. The van der Waals surface area contributed by atoms with E-state index in [2.05, 4.69) is 0 Å². The second-order valence-corrected chi connectivity index (χ2v) is 3.74. The second kappa shape index (κ2) is 5.76. The van der Waals surface area contributed by atoms with Gasteiger partial charge in [-0.2, -0.15) is 0 Å². The molecule has 14 heavy (non-hydrogen) atoms. The SMILES string of the molecule is CCC(O)CCCC1=CCC(=O)C=C1. The number of allylic oxidation sites excluding steroid dienone is 4. The summed E-state index contributed by atoms with van der Waals surface area (Å²) in [6, 6.07) is 0. The number of aliphatic hydroxyl groups is 1. The fourth-order valence-electron chi connectivity index (χ4n) is 1.50. The Balaban J connectivity index is 2.20. The highest BCUT2D eigenvalue weighted by Crippen LogP contribution is 2.15. The molecule has 0 aromatic heterocycles. The zero-order chi connectivity index (χ0) is 10.4. The molecule has 1 N–H and O–H groups in total. The number of rotatable bonds is 5. The van der Waals surface area contributed by atoms with E-state index in [4.69, 9.17) is 0 Å². The molecule has 0 saturated carbocycles. The highest BCUT2D eigenvalue weighted by atomic mass is 16.3. The monoisotopic (exact) mass is 194 g/mol. The maximum Gasteiger partial charge on any atom is 0.159 e. The molecule has 0 spiro atoms. The van der Waals surface area contributed by atoms with Gasteiger partial charge in [-0.25, -0.2) is 0 Å². The summed E-state index contributed by atoms with van der Waals surface area (Å²) < 4.78 is 0. The number of aliphatic hydroxyl groups excluding tert-OH is 1. The number of carbonyl (C=O) groups excluding carboxylic acids is 1. The predicted molar refractivity (Wildman–Crippen MR) is 57.0 cm³/mol. The van der Waals surface area contributed by atoms with Crippen molar-refractivity contribution in [3.8, 4) is 0 Å². The zero-order valence-corrected chi connectivity index (χ0v) is 8.70. The Morgan fingerprint density at radius 2 is 2.29 bits per heavy atom. The zero-order valence-electron chi connectivity index (χ0n) is 8.70. The molecule has 0 aromatic rings. The average molecular weight is 194 g/mol. The van der Waals surface area contributed by atoms with Crippen LogP contribution in [0, 0.1) is 0 Å². The fraction of sp³-hybridized carbons (Fsp3) is 0.583. The maximum atomic E-state index is 10.9. The van der Waals surface area contributed by atoms with Crippen LogP contribution in [0.4, 0.5) is 0 Å². The van der Waals surface area contributed by atoms with Crippen molar-refractivity contribution in [2.75, 3.05) is 0 Å². The van der Waals surface area contributed by atoms with Gasteiger partial charge >= 0.3 is 0 Å². The first kappa shape index (κ1) is 11.2. The molecule has 2 nitrogen and oxygen atoms in total. The van der Waals surface area contributed by atoms with Gasteiger partial charge in [0.05, 0.1) is 6.10 Å². The van der Waals surface area contributed by atoms with Gasteiger partial charge in [0.25, 0.3) is 0 Å². The van der Waals surface area contributed by atoms with E-state index in [0.717, 1.165) is 25.7 Å². The summed E-state index contributed by atoms with van der Waals surface area (Å²) in [5, 5.41) is 9.34. The van der Waals surface area contributed by atoms with Crippen LogP contribution in [-0.4, -0.2) is 17.0 Å². The standard InChI is InChI=1S/C12H18O2/c1-2-11(13)5-3-4-10-6-8-12(14)9-7-10/h6-8,11,13H,2-5,9H2,1H3. The molecular formula is C12H18O2. The molecule has 78 valence electrons. The van der Waals surface area contributed by atoms with E-state index < -0.39 is 0 Å². The lowest BCUT2D eigenvalue weighted by Crippen LogP contribution is -2.04. The van der Waals surface area contributed by atoms with Gasteiger partial charge in [0.1, 0.15) is 0 Å². The van der Waals surface area contributed by atoms with Crippen LogP contribution in [-0.2, 0) is 4.79 Å². The Morgan fingerprint density at radius 1 is 1.50 bits per heavy atom. The summed E-state index contributed by atoms with van der Waals surface area (Å²) in [6.45, 7) is 1.99. The van der Waals surface area contributed by atoms with Crippen molar-refractivity contribution < 1.29 is 9.90 Å². The second-order valence-electron chi connectivity index (χ2n) is 3.74. The third-order valence-corrected chi connectivity index (χ3v) is 2.52. The molecule has 1 aliphatic rings. The molecule has 0 fully saturated rings. The minimum Gasteiger partial charge on any atom is -0.393 e.